The Morgan fingerprint density at radius 3 is 2.34 bits per heavy atom. The highest BCUT2D eigenvalue weighted by Crippen LogP contribution is 2.22. The van der Waals surface area contributed by atoms with E-state index in [9.17, 15) is 13.2 Å². The molecule has 0 bridgehead atoms. The zero-order valence-corrected chi connectivity index (χ0v) is 18.6. The van der Waals surface area contributed by atoms with Crippen LogP contribution >= 0.6 is 11.3 Å². The lowest BCUT2D eigenvalue weighted by Crippen LogP contribution is -2.46. The van der Waals surface area contributed by atoms with Crippen LogP contribution in [0, 0.1) is 0 Å². The van der Waals surface area contributed by atoms with Crippen molar-refractivity contribution in [1.82, 2.24) is 13.5 Å². The largest absolute Gasteiger partial charge is 0.490 e. The quantitative estimate of drug-likeness (QED) is 0.668. The van der Waals surface area contributed by atoms with E-state index in [1.807, 2.05) is 17.5 Å². The fourth-order valence-corrected chi connectivity index (χ4v) is 5.10. The topological polar surface area (TPSA) is 70.2 Å². The Hall–Kier alpha value is -1.94. The summed E-state index contributed by atoms with van der Waals surface area (Å²) in [5, 5.41) is 2.00. The van der Waals surface area contributed by atoms with E-state index in [4.69, 9.17) is 4.74 Å². The van der Waals surface area contributed by atoms with E-state index in [2.05, 4.69) is 0 Å². The Morgan fingerprint density at radius 2 is 1.79 bits per heavy atom. The number of ether oxygens (including phenoxy) is 1. The first-order chi connectivity index (χ1) is 13.8. The van der Waals surface area contributed by atoms with Crippen LogP contribution in [-0.2, 0) is 16.8 Å². The standard InChI is InChI=1S/C20H27N3O4S2/c1-21(2)29(25,26)23-12-10-18(11-13-23)27-17-8-6-16(7-9-17)20(24)22(3)15-19-5-4-14-28-19/h4-9,14,18H,10-13,15H2,1-3H3. The number of benzene rings is 1. The van der Waals surface area contributed by atoms with Gasteiger partial charge in [-0.3, -0.25) is 4.79 Å². The first-order valence-electron chi connectivity index (χ1n) is 9.49. The average Bonchev–Trinajstić information content (AvgIpc) is 3.21. The lowest BCUT2D eigenvalue weighted by atomic mass is 10.1. The molecular weight excluding hydrogens is 410 g/mol. The summed E-state index contributed by atoms with van der Waals surface area (Å²) in [4.78, 5) is 15.4. The van der Waals surface area contributed by atoms with Crippen molar-refractivity contribution >= 4 is 27.5 Å². The SMILES string of the molecule is CN(Cc1cccs1)C(=O)c1ccc(OC2CCN(S(=O)(=O)N(C)C)CC2)cc1. The second-order valence-corrected chi connectivity index (χ2v) is 10.4. The van der Waals surface area contributed by atoms with Gasteiger partial charge < -0.3 is 9.64 Å². The van der Waals surface area contributed by atoms with Crippen molar-refractivity contribution in [2.75, 3.05) is 34.2 Å². The molecule has 1 saturated heterocycles. The lowest BCUT2D eigenvalue weighted by molar-refractivity contribution is 0.0786. The minimum atomic E-state index is -3.37. The van der Waals surface area contributed by atoms with Gasteiger partial charge in [0.25, 0.3) is 16.1 Å². The second-order valence-electron chi connectivity index (χ2n) is 7.27. The van der Waals surface area contributed by atoms with Gasteiger partial charge in [0.15, 0.2) is 0 Å². The Kier molecular flexibility index (Phi) is 6.94. The number of hydrogen-bond acceptors (Lipinski definition) is 5. The van der Waals surface area contributed by atoms with Gasteiger partial charge in [-0.2, -0.15) is 17.0 Å². The van der Waals surface area contributed by atoms with Crippen LogP contribution in [0.25, 0.3) is 0 Å². The first kappa shape index (κ1) is 21.8. The summed E-state index contributed by atoms with van der Waals surface area (Å²) in [5.74, 6) is 0.656. The number of piperidine rings is 1. The number of thiophene rings is 1. The number of nitrogens with zero attached hydrogens (tertiary/aromatic N) is 3. The summed E-state index contributed by atoms with van der Waals surface area (Å²) >= 11 is 1.63. The van der Waals surface area contributed by atoms with Crippen LogP contribution < -0.4 is 4.74 Å². The van der Waals surface area contributed by atoms with E-state index in [1.165, 1.54) is 8.61 Å². The number of rotatable bonds is 7. The Morgan fingerprint density at radius 1 is 1.14 bits per heavy atom. The summed E-state index contributed by atoms with van der Waals surface area (Å²) in [6, 6.07) is 11.1. The van der Waals surface area contributed by atoms with Crippen LogP contribution in [0.5, 0.6) is 5.75 Å². The molecule has 0 aliphatic carbocycles. The summed E-state index contributed by atoms with van der Waals surface area (Å²) < 4.78 is 33.1. The van der Waals surface area contributed by atoms with E-state index in [0.29, 0.717) is 43.8 Å². The summed E-state index contributed by atoms with van der Waals surface area (Å²) in [5.41, 5.74) is 0.614. The third-order valence-electron chi connectivity index (χ3n) is 4.91. The maximum Gasteiger partial charge on any atom is 0.281 e. The van der Waals surface area contributed by atoms with Gasteiger partial charge in [0.2, 0.25) is 0 Å². The molecule has 9 heteroatoms. The minimum Gasteiger partial charge on any atom is -0.490 e. The van der Waals surface area contributed by atoms with Gasteiger partial charge in [-0.15, -0.1) is 11.3 Å². The Bertz CT molecular complexity index is 904. The summed E-state index contributed by atoms with van der Waals surface area (Å²) in [6.07, 6.45) is 1.24. The van der Waals surface area contributed by atoms with E-state index in [1.54, 1.807) is 61.6 Å². The number of carbonyl (C=O) groups excluding carboxylic acids is 1. The maximum atomic E-state index is 12.6. The van der Waals surface area contributed by atoms with Crippen molar-refractivity contribution in [1.29, 1.82) is 0 Å². The molecule has 7 nitrogen and oxygen atoms in total. The Balaban J connectivity index is 1.53. The molecule has 0 atom stereocenters. The number of hydrogen-bond donors (Lipinski definition) is 0. The molecule has 0 saturated carbocycles. The zero-order valence-electron chi connectivity index (χ0n) is 16.9. The molecule has 2 heterocycles. The monoisotopic (exact) mass is 437 g/mol. The molecule has 158 valence electrons. The van der Waals surface area contributed by atoms with Gasteiger partial charge in [0.1, 0.15) is 11.9 Å². The van der Waals surface area contributed by atoms with Crippen molar-refractivity contribution in [2.24, 2.45) is 0 Å². The predicted octanol–water partition coefficient (Wildman–Crippen LogP) is 2.67. The van der Waals surface area contributed by atoms with E-state index >= 15 is 0 Å². The highest BCUT2D eigenvalue weighted by atomic mass is 32.2. The molecule has 1 aliphatic heterocycles. The van der Waals surface area contributed by atoms with Crippen LogP contribution in [-0.4, -0.2) is 68.2 Å². The average molecular weight is 438 g/mol. The van der Waals surface area contributed by atoms with Crippen LogP contribution in [0.3, 0.4) is 0 Å². The second kappa shape index (κ2) is 9.25. The lowest BCUT2D eigenvalue weighted by Gasteiger charge is -2.32. The van der Waals surface area contributed by atoms with Crippen molar-refractivity contribution in [2.45, 2.75) is 25.5 Å². The maximum absolute atomic E-state index is 12.6. The molecule has 1 aromatic heterocycles. The minimum absolute atomic E-state index is 0.0350. The van der Waals surface area contributed by atoms with Crippen molar-refractivity contribution < 1.29 is 17.9 Å². The number of carbonyl (C=O) groups is 1. The van der Waals surface area contributed by atoms with Gasteiger partial charge in [-0.1, -0.05) is 6.07 Å². The van der Waals surface area contributed by atoms with Crippen molar-refractivity contribution in [3.8, 4) is 5.75 Å². The molecule has 1 fully saturated rings. The van der Waals surface area contributed by atoms with Gasteiger partial charge in [-0.25, -0.2) is 0 Å². The fourth-order valence-electron chi connectivity index (χ4n) is 3.21. The summed E-state index contributed by atoms with van der Waals surface area (Å²) in [6.45, 7) is 1.47. The Labute approximate surface area is 176 Å². The van der Waals surface area contributed by atoms with Crippen LogP contribution in [0.1, 0.15) is 28.1 Å². The zero-order chi connectivity index (χ0) is 21.0. The van der Waals surface area contributed by atoms with Gasteiger partial charge in [-0.05, 0) is 48.6 Å². The van der Waals surface area contributed by atoms with Crippen molar-refractivity contribution in [3.05, 3.63) is 52.2 Å². The molecule has 0 unspecified atom stereocenters. The molecule has 1 amide bonds. The molecule has 3 rings (SSSR count). The molecular formula is C20H27N3O4S2. The highest BCUT2D eigenvalue weighted by Gasteiger charge is 2.30. The third kappa shape index (κ3) is 5.36. The third-order valence-corrected chi connectivity index (χ3v) is 7.71. The number of amides is 1. The molecule has 0 radical (unpaired) electrons. The predicted molar refractivity (Wildman–Crippen MR) is 114 cm³/mol. The normalized spacial score (nSPS) is 16.1. The summed E-state index contributed by atoms with van der Waals surface area (Å²) in [7, 11) is 1.51. The molecule has 2 aromatic rings. The molecule has 1 aromatic carbocycles. The van der Waals surface area contributed by atoms with E-state index in [-0.39, 0.29) is 12.0 Å². The van der Waals surface area contributed by atoms with Gasteiger partial charge >= 0.3 is 0 Å². The van der Waals surface area contributed by atoms with Gasteiger partial charge in [0, 0.05) is 44.7 Å². The molecule has 0 spiro atoms. The van der Waals surface area contributed by atoms with Gasteiger partial charge in [0.05, 0.1) is 6.54 Å². The van der Waals surface area contributed by atoms with Crippen LogP contribution in [0.15, 0.2) is 41.8 Å². The molecule has 1 aliphatic rings. The van der Waals surface area contributed by atoms with Crippen LogP contribution in [0.4, 0.5) is 0 Å². The molecule has 29 heavy (non-hydrogen) atoms. The fraction of sp³-hybridized carbons (Fsp3) is 0.450. The first-order valence-corrected chi connectivity index (χ1v) is 11.8. The van der Waals surface area contributed by atoms with Crippen LogP contribution in [0.2, 0.25) is 0 Å². The van der Waals surface area contributed by atoms with Crippen molar-refractivity contribution in [3.63, 3.8) is 0 Å². The smallest absolute Gasteiger partial charge is 0.281 e. The highest BCUT2D eigenvalue weighted by molar-refractivity contribution is 7.86. The molecule has 0 N–H and O–H groups in total. The van der Waals surface area contributed by atoms with E-state index in [0.717, 1.165) is 4.88 Å². The van der Waals surface area contributed by atoms with E-state index < -0.39 is 10.2 Å².